The molecule has 23 heavy (non-hydrogen) atoms. The first-order chi connectivity index (χ1) is 10.8. The summed E-state index contributed by atoms with van der Waals surface area (Å²) in [6, 6.07) is 7.29. The average Bonchev–Trinajstić information content (AvgIpc) is 2.46. The lowest BCUT2D eigenvalue weighted by Crippen LogP contribution is -2.22. The second-order valence-corrected chi connectivity index (χ2v) is 5.74. The van der Waals surface area contributed by atoms with Gasteiger partial charge in [-0.3, -0.25) is 0 Å². The van der Waals surface area contributed by atoms with Crippen LogP contribution in [0.2, 0.25) is 0 Å². The number of nitrogens with zero attached hydrogens (tertiary/aromatic N) is 2. The molecule has 0 aliphatic rings. The van der Waals surface area contributed by atoms with E-state index in [1.165, 1.54) is 0 Å². The molecule has 0 aliphatic carbocycles. The Morgan fingerprint density at radius 1 is 1.26 bits per heavy atom. The molecule has 0 saturated heterocycles. The Hall–Kier alpha value is -1.87. The molecule has 0 unspecified atom stereocenters. The molecule has 3 N–H and O–H groups in total. The molecule has 2 aromatic rings. The maximum Gasteiger partial charge on any atom is 0.433 e. The van der Waals surface area contributed by atoms with E-state index in [0.717, 1.165) is 10.5 Å². The van der Waals surface area contributed by atoms with Crippen LogP contribution >= 0.6 is 15.9 Å². The van der Waals surface area contributed by atoms with Gasteiger partial charge in [-0.15, -0.1) is 0 Å². The molecule has 5 nitrogen and oxygen atoms in total. The number of rotatable bonds is 5. The van der Waals surface area contributed by atoms with E-state index in [1.807, 2.05) is 0 Å². The van der Waals surface area contributed by atoms with Gasteiger partial charge in [0, 0.05) is 22.3 Å². The average molecular weight is 391 g/mol. The monoisotopic (exact) mass is 390 g/mol. The summed E-state index contributed by atoms with van der Waals surface area (Å²) in [6.45, 7) is 1.35. The summed E-state index contributed by atoms with van der Waals surface area (Å²) in [5.74, 6) is -0.211. The molecule has 1 aromatic heterocycles. The standard InChI is InChI=1S/C14H14BrF3N4O/c1-8(7-23)19-13-21-11(14(16,17)18)6-12(22-13)20-10-4-2-3-9(15)5-10/h2-6,8,23H,7H2,1H3,(H2,19,20,21,22)/t8-/m0/s1. The minimum atomic E-state index is -4.60. The molecule has 0 bridgehead atoms. The largest absolute Gasteiger partial charge is 0.433 e. The molecule has 0 fully saturated rings. The molecule has 0 amide bonds. The highest BCUT2D eigenvalue weighted by Gasteiger charge is 2.33. The van der Waals surface area contributed by atoms with Crippen molar-refractivity contribution in [2.24, 2.45) is 0 Å². The van der Waals surface area contributed by atoms with Crippen LogP contribution in [-0.2, 0) is 6.18 Å². The minimum Gasteiger partial charge on any atom is -0.394 e. The maximum absolute atomic E-state index is 13.0. The fraction of sp³-hybridized carbons (Fsp3) is 0.286. The van der Waals surface area contributed by atoms with Crippen molar-refractivity contribution in [1.82, 2.24) is 9.97 Å². The Kier molecular flexibility index (Phi) is 5.42. The predicted molar refractivity (Wildman–Crippen MR) is 84.6 cm³/mol. The molecule has 1 aromatic carbocycles. The van der Waals surface area contributed by atoms with Gasteiger partial charge in [-0.2, -0.15) is 18.2 Å². The number of benzene rings is 1. The van der Waals surface area contributed by atoms with Gasteiger partial charge in [0.25, 0.3) is 0 Å². The van der Waals surface area contributed by atoms with Gasteiger partial charge in [-0.1, -0.05) is 22.0 Å². The fourth-order valence-electron chi connectivity index (χ4n) is 1.70. The number of aromatic nitrogens is 2. The molecule has 2 rings (SSSR count). The van der Waals surface area contributed by atoms with Crippen LogP contribution < -0.4 is 10.6 Å². The van der Waals surface area contributed by atoms with Gasteiger partial charge >= 0.3 is 6.18 Å². The van der Waals surface area contributed by atoms with E-state index in [0.29, 0.717) is 5.69 Å². The highest BCUT2D eigenvalue weighted by Crippen LogP contribution is 2.30. The number of hydrogen-bond acceptors (Lipinski definition) is 5. The summed E-state index contributed by atoms with van der Waals surface area (Å²) in [6.07, 6.45) is -4.60. The van der Waals surface area contributed by atoms with Gasteiger partial charge in [0.05, 0.1) is 6.61 Å². The van der Waals surface area contributed by atoms with E-state index in [4.69, 9.17) is 5.11 Å². The number of alkyl halides is 3. The Balaban J connectivity index is 2.35. The predicted octanol–water partition coefficient (Wildman–Crippen LogP) is 3.79. The van der Waals surface area contributed by atoms with Crippen molar-refractivity contribution in [3.8, 4) is 0 Å². The summed E-state index contributed by atoms with van der Waals surface area (Å²) in [4.78, 5) is 7.44. The third-order valence-corrected chi connectivity index (χ3v) is 3.26. The van der Waals surface area contributed by atoms with E-state index >= 15 is 0 Å². The smallest absolute Gasteiger partial charge is 0.394 e. The molecular formula is C14H14BrF3N4O. The van der Waals surface area contributed by atoms with Crippen molar-refractivity contribution < 1.29 is 18.3 Å². The zero-order valence-electron chi connectivity index (χ0n) is 12.0. The molecular weight excluding hydrogens is 377 g/mol. The van der Waals surface area contributed by atoms with Crippen LogP contribution in [0.5, 0.6) is 0 Å². The number of hydrogen-bond donors (Lipinski definition) is 3. The number of anilines is 3. The first-order valence-electron chi connectivity index (χ1n) is 6.64. The normalized spacial score (nSPS) is 12.8. The topological polar surface area (TPSA) is 70.1 Å². The summed E-state index contributed by atoms with van der Waals surface area (Å²) >= 11 is 3.29. The van der Waals surface area contributed by atoms with Crippen LogP contribution in [0.15, 0.2) is 34.8 Å². The van der Waals surface area contributed by atoms with Gasteiger partial charge in [0.1, 0.15) is 5.82 Å². The second kappa shape index (κ2) is 7.14. The summed E-state index contributed by atoms with van der Waals surface area (Å²) < 4.78 is 39.7. The van der Waals surface area contributed by atoms with E-state index < -0.39 is 17.9 Å². The summed E-state index contributed by atoms with van der Waals surface area (Å²) in [5, 5.41) is 14.4. The lowest BCUT2D eigenvalue weighted by Gasteiger charge is -2.15. The SMILES string of the molecule is C[C@@H](CO)Nc1nc(Nc2cccc(Br)c2)cc(C(F)(F)F)n1. The molecule has 124 valence electrons. The first-order valence-corrected chi connectivity index (χ1v) is 7.43. The Morgan fingerprint density at radius 2 is 2.00 bits per heavy atom. The van der Waals surface area contributed by atoms with Crippen LogP contribution in [0.1, 0.15) is 12.6 Å². The van der Waals surface area contributed by atoms with E-state index in [-0.39, 0.29) is 18.4 Å². The molecule has 1 atom stereocenters. The third-order valence-electron chi connectivity index (χ3n) is 2.76. The Bertz CT molecular complexity index is 681. The fourth-order valence-corrected chi connectivity index (χ4v) is 2.10. The summed E-state index contributed by atoms with van der Waals surface area (Å²) in [5.41, 5.74) is -0.495. The second-order valence-electron chi connectivity index (χ2n) is 4.82. The quantitative estimate of drug-likeness (QED) is 0.724. The van der Waals surface area contributed by atoms with Crippen LogP contribution in [0.4, 0.5) is 30.6 Å². The van der Waals surface area contributed by atoms with Crippen LogP contribution in [0.3, 0.4) is 0 Å². The number of nitrogens with one attached hydrogen (secondary N) is 2. The van der Waals surface area contributed by atoms with Crippen molar-refractivity contribution in [2.75, 3.05) is 17.2 Å². The van der Waals surface area contributed by atoms with E-state index in [9.17, 15) is 13.2 Å². The summed E-state index contributed by atoms with van der Waals surface area (Å²) in [7, 11) is 0. The maximum atomic E-state index is 13.0. The van der Waals surface area contributed by atoms with Gasteiger partial charge in [-0.25, -0.2) is 4.98 Å². The molecule has 1 heterocycles. The van der Waals surface area contributed by atoms with Gasteiger partial charge in [0.2, 0.25) is 5.95 Å². The highest BCUT2D eigenvalue weighted by molar-refractivity contribution is 9.10. The van der Waals surface area contributed by atoms with Crippen molar-refractivity contribution in [2.45, 2.75) is 19.1 Å². The van der Waals surface area contributed by atoms with E-state index in [1.54, 1.807) is 31.2 Å². The highest BCUT2D eigenvalue weighted by atomic mass is 79.9. The van der Waals surface area contributed by atoms with Crippen LogP contribution in [-0.4, -0.2) is 27.7 Å². The minimum absolute atomic E-state index is 0.00179. The van der Waals surface area contributed by atoms with Crippen LogP contribution in [0, 0.1) is 0 Å². The molecule has 9 heteroatoms. The molecule has 0 saturated carbocycles. The third kappa shape index (κ3) is 5.07. The Morgan fingerprint density at radius 3 is 2.61 bits per heavy atom. The van der Waals surface area contributed by atoms with Gasteiger partial charge in [-0.05, 0) is 25.1 Å². The number of halogens is 4. The van der Waals surface area contributed by atoms with Crippen LogP contribution in [0.25, 0.3) is 0 Å². The number of aliphatic hydroxyl groups excluding tert-OH is 1. The molecule has 0 aliphatic heterocycles. The zero-order chi connectivity index (χ0) is 17.0. The zero-order valence-corrected chi connectivity index (χ0v) is 13.6. The van der Waals surface area contributed by atoms with Gasteiger partial charge in [0.15, 0.2) is 5.69 Å². The molecule has 0 radical (unpaired) electrons. The van der Waals surface area contributed by atoms with Crippen molar-refractivity contribution >= 4 is 33.4 Å². The first kappa shape index (κ1) is 17.5. The lowest BCUT2D eigenvalue weighted by molar-refractivity contribution is -0.141. The van der Waals surface area contributed by atoms with E-state index in [2.05, 4.69) is 36.5 Å². The Labute approximate surface area is 139 Å². The van der Waals surface area contributed by atoms with Crippen molar-refractivity contribution in [1.29, 1.82) is 0 Å². The number of aliphatic hydroxyl groups is 1. The van der Waals surface area contributed by atoms with Crippen molar-refractivity contribution in [3.05, 3.63) is 40.5 Å². The van der Waals surface area contributed by atoms with Gasteiger partial charge < -0.3 is 15.7 Å². The van der Waals surface area contributed by atoms with Crippen molar-refractivity contribution in [3.63, 3.8) is 0 Å². The lowest BCUT2D eigenvalue weighted by atomic mass is 10.3. The molecule has 0 spiro atoms.